The molecule has 58 valence electrons. The molecule has 5 heteroatoms. The first-order chi connectivity index (χ1) is 2.50. The second-order valence-corrected chi connectivity index (χ2v) is 1.32. The Kier molecular flexibility index (Phi) is 40.3. The molecule has 9 heavy (non-hydrogen) atoms. The Morgan fingerprint density at radius 3 is 1.22 bits per heavy atom. The van der Waals surface area contributed by atoms with E-state index in [-0.39, 0.29) is 54.3 Å². The van der Waals surface area contributed by atoms with Gasteiger partial charge in [0.25, 0.3) is 0 Å². The van der Waals surface area contributed by atoms with Gasteiger partial charge in [0.1, 0.15) is 0 Å². The first-order valence-corrected chi connectivity index (χ1v) is 2.08. The van der Waals surface area contributed by atoms with Gasteiger partial charge in [-0.1, -0.05) is 0 Å². The van der Waals surface area contributed by atoms with Crippen LogP contribution < -0.4 is 37.2 Å². The summed E-state index contributed by atoms with van der Waals surface area (Å²) in [5.41, 5.74) is 0. The minimum Gasteiger partial charge on any atom is -1.00 e. The zero-order valence-electron chi connectivity index (χ0n) is 4.75. The van der Waals surface area contributed by atoms with Crippen LogP contribution in [0, 0.1) is 0 Å². The quantitative estimate of drug-likeness (QED) is 0.378. The molecule has 1 aliphatic rings. The van der Waals surface area contributed by atoms with Gasteiger partial charge < -0.3 is 42.0 Å². The minimum absolute atomic E-state index is 0. The van der Waals surface area contributed by atoms with Crippen LogP contribution in [0.25, 0.3) is 0 Å². The van der Waals surface area contributed by atoms with Crippen LogP contribution in [0.4, 0.5) is 0 Å². The van der Waals surface area contributed by atoms with Gasteiger partial charge >= 0.3 is 17.1 Å². The summed E-state index contributed by atoms with van der Waals surface area (Å²) in [6, 6.07) is 0. The maximum absolute atomic E-state index is 4.94. The minimum atomic E-state index is 0. The van der Waals surface area contributed by atoms with E-state index < -0.39 is 0 Å². The third kappa shape index (κ3) is 12.5. The molecule has 0 atom stereocenters. The van der Waals surface area contributed by atoms with Crippen molar-refractivity contribution < 1.29 is 59.0 Å². The molecule has 0 radical (unpaired) electrons. The first kappa shape index (κ1) is 22.4. The van der Waals surface area contributed by atoms with E-state index in [1.165, 1.54) is 12.8 Å². The van der Waals surface area contributed by atoms with Crippen LogP contribution in [0.5, 0.6) is 0 Å². The van der Waals surface area contributed by atoms with E-state index in [9.17, 15) is 0 Å². The predicted molar refractivity (Wildman–Crippen MR) is 20.1 cm³/mol. The maximum atomic E-state index is 4.94. The molecular formula is C4H8Cl3MnO. The second kappa shape index (κ2) is 16.2. The fourth-order valence-electron chi connectivity index (χ4n) is 0.510. The monoisotopic (exact) mass is 232 g/mol. The van der Waals surface area contributed by atoms with Crippen LogP contribution in [0.1, 0.15) is 12.8 Å². The van der Waals surface area contributed by atoms with Gasteiger partial charge in [0.2, 0.25) is 0 Å². The van der Waals surface area contributed by atoms with Crippen LogP contribution in [0.15, 0.2) is 0 Å². The van der Waals surface area contributed by atoms with Gasteiger partial charge in [0, 0.05) is 13.2 Å². The largest absolute Gasteiger partial charge is 3.00 e. The summed E-state index contributed by atoms with van der Waals surface area (Å²) in [6.45, 7) is 2.00. The van der Waals surface area contributed by atoms with Crippen molar-refractivity contribution in [2.75, 3.05) is 13.2 Å². The van der Waals surface area contributed by atoms with Gasteiger partial charge in [-0.05, 0) is 12.8 Å². The molecule has 1 nitrogen and oxygen atoms in total. The molecule has 0 aromatic carbocycles. The van der Waals surface area contributed by atoms with Crippen molar-refractivity contribution in [3.8, 4) is 0 Å². The van der Waals surface area contributed by atoms with Crippen molar-refractivity contribution in [3.05, 3.63) is 0 Å². The van der Waals surface area contributed by atoms with E-state index in [2.05, 4.69) is 0 Å². The number of hydrogen-bond acceptors (Lipinski definition) is 1. The molecule has 1 heterocycles. The molecule has 0 amide bonds. The molecule has 0 aliphatic carbocycles. The standard InChI is InChI=1S/C4H8O.3ClH.Mn/c1-2-4-5-3-1;;;;/h1-4H2;3*1H;/q;;;;+3/p-3. The Bertz CT molecular complexity index is 27.4. The van der Waals surface area contributed by atoms with E-state index in [1.54, 1.807) is 0 Å². The number of halogens is 3. The van der Waals surface area contributed by atoms with Gasteiger partial charge in [-0.3, -0.25) is 0 Å². The van der Waals surface area contributed by atoms with Crippen molar-refractivity contribution >= 4 is 0 Å². The summed E-state index contributed by atoms with van der Waals surface area (Å²) < 4.78 is 4.94. The Hall–Kier alpha value is 1.35. The average molecular weight is 233 g/mol. The van der Waals surface area contributed by atoms with Gasteiger partial charge in [0.15, 0.2) is 0 Å². The molecule has 0 N–H and O–H groups in total. The molecule has 1 aliphatic heterocycles. The van der Waals surface area contributed by atoms with Crippen molar-refractivity contribution in [1.29, 1.82) is 0 Å². The van der Waals surface area contributed by atoms with Gasteiger partial charge in [-0.2, -0.15) is 0 Å². The van der Waals surface area contributed by atoms with E-state index in [0.717, 1.165) is 13.2 Å². The Labute approximate surface area is 85.0 Å². The topological polar surface area (TPSA) is 9.23 Å². The molecule has 1 saturated heterocycles. The molecule has 1 fully saturated rings. The molecule has 0 saturated carbocycles. The van der Waals surface area contributed by atoms with Crippen molar-refractivity contribution in [1.82, 2.24) is 0 Å². The zero-order chi connectivity index (χ0) is 3.54. The Morgan fingerprint density at radius 2 is 1.11 bits per heavy atom. The molecule has 0 aromatic heterocycles. The van der Waals surface area contributed by atoms with Crippen LogP contribution in [0.3, 0.4) is 0 Å². The Morgan fingerprint density at radius 1 is 0.778 bits per heavy atom. The molecule has 0 aromatic rings. The molecular weight excluding hydrogens is 225 g/mol. The summed E-state index contributed by atoms with van der Waals surface area (Å²) >= 11 is 0. The van der Waals surface area contributed by atoms with Gasteiger partial charge in [-0.25, -0.2) is 0 Å². The summed E-state index contributed by atoms with van der Waals surface area (Å²) in [5.74, 6) is 0. The van der Waals surface area contributed by atoms with Gasteiger partial charge in [-0.15, -0.1) is 0 Å². The van der Waals surface area contributed by atoms with Crippen LogP contribution in [-0.4, -0.2) is 13.2 Å². The van der Waals surface area contributed by atoms with Crippen LogP contribution >= 0.6 is 0 Å². The predicted octanol–water partition coefficient (Wildman–Crippen LogP) is -8.19. The van der Waals surface area contributed by atoms with E-state index in [4.69, 9.17) is 4.74 Å². The second-order valence-electron chi connectivity index (χ2n) is 1.32. The van der Waals surface area contributed by atoms with Crippen molar-refractivity contribution in [2.24, 2.45) is 0 Å². The fraction of sp³-hybridized carbons (Fsp3) is 1.00. The van der Waals surface area contributed by atoms with Crippen LogP contribution in [0.2, 0.25) is 0 Å². The Balaban J connectivity index is -0.0000000312. The zero-order valence-corrected chi connectivity index (χ0v) is 8.20. The summed E-state index contributed by atoms with van der Waals surface area (Å²) in [4.78, 5) is 0. The number of ether oxygens (including phenoxy) is 1. The van der Waals surface area contributed by atoms with E-state index in [1.807, 2.05) is 0 Å². The average Bonchev–Trinajstić information content (AvgIpc) is 1.76. The third-order valence-corrected chi connectivity index (χ3v) is 0.827. The summed E-state index contributed by atoms with van der Waals surface area (Å²) in [7, 11) is 0. The molecule has 1 rings (SSSR count). The number of hydrogen-bond donors (Lipinski definition) is 0. The van der Waals surface area contributed by atoms with Crippen molar-refractivity contribution in [2.45, 2.75) is 12.8 Å². The summed E-state index contributed by atoms with van der Waals surface area (Å²) in [6.07, 6.45) is 2.56. The molecule has 0 spiro atoms. The summed E-state index contributed by atoms with van der Waals surface area (Å²) in [5, 5.41) is 0. The van der Waals surface area contributed by atoms with Crippen molar-refractivity contribution in [3.63, 3.8) is 0 Å². The smallest absolute Gasteiger partial charge is 1.00 e. The first-order valence-electron chi connectivity index (χ1n) is 2.08. The fourth-order valence-corrected chi connectivity index (χ4v) is 0.510. The third-order valence-electron chi connectivity index (χ3n) is 0.827. The maximum Gasteiger partial charge on any atom is 3.00 e. The molecule has 0 bridgehead atoms. The normalized spacial score (nSPS) is 13.3. The number of rotatable bonds is 0. The van der Waals surface area contributed by atoms with E-state index >= 15 is 0 Å². The SMILES string of the molecule is C1CCOC1.[Cl-].[Cl-].[Cl-].[Mn+3]. The van der Waals surface area contributed by atoms with Crippen LogP contribution in [-0.2, 0) is 21.8 Å². The molecule has 0 unspecified atom stereocenters. The van der Waals surface area contributed by atoms with Gasteiger partial charge in [0.05, 0.1) is 0 Å². The van der Waals surface area contributed by atoms with E-state index in [0.29, 0.717) is 0 Å².